The Bertz CT molecular complexity index is 593. The highest BCUT2D eigenvalue weighted by Gasteiger charge is 2.31. The zero-order valence-electron chi connectivity index (χ0n) is 12.4. The summed E-state index contributed by atoms with van der Waals surface area (Å²) in [6.45, 7) is 1.68. The van der Waals surface area contributed by atoms with Crippen molar-refractivity contribution in [3.63, 3.8) is 0 Å². The number of amides is 2. The summed E-state index contributed by atoms with van der Waals surface area (Å²) in [6.07, 6.45) is 0.303. The van der Waals surface area contributed by atoms with E-state index in [9.17, 15) is 14.9 Å². The molecule has 0 aliphatic heterocycles. The van der Waals surface area contributed by atoms with Gasteiger partial charge in [0.05, 0.1) is 13.2 Å². The van der Waals surface area contributed by atoms with Crippen LogP contribution in [0.25, 0.3) is 0 Å². The number of hydrazone groups is 1. The number of hydrogen-bond donors (Lipinski definition) is 2. The molecule has 0 aliphatic carbocycles. The molecule has 0 fully saturated rings. The lowest BCUT2D eigenvalue weighted by Gasteiger charge is -2.20. The number of hydrogen-bond acceptors (Lipinski definition) is 5. The molecule has 0 saturated carbocycles. The van der Waals surface area contributed by atoms with Gasteiger partial charge in [0.2, 0.25) is 0 Å². The fourth-order valence-corrected chi connectivity index (χ4v) is 2.08. The molecular weight excluding hydrogens is 284 g/mol. The van der Waals surface area contributed by atoms with Crippen molar-refractivity contribution in [2.75, 3.05) is 7.11 Å². The van der Waals surface area contributed by atoms with E-state index in [1.165, 1.54) is 7.11 Å². The number of urea groups is 1. The third-order valence-corrected chi connectivity index (χ3v) is 3.10. The number of nitrogens with one attached hydrogen (secondary N) is 1. The highest BCUT2D eigenvalue weighted by molar-refractivity contribution is 5.86. The number of primary amides is 1. The molecule has 2 atom stereocenters. The number of benzene rings is 1. The van der Waals surface area contributed by atoms with Crippen LogP contribution >= 0.6 is 0 Å². The van der Waals surface area contributed by atoms with Gasteiger partial charge >= 0.3 is 12.0 Å². The van der Waals surface area contributed by atoms with Crippen molar-refractivity contribution in [2.45, 2.75) is 19.3 Å². The maximum atomic E-state index is 11.8. The fraction of sp³-hybridized carbons (Fsp3) is 0.333. The van der Waals surface area contributed by atoms with E-state index >= 15 is 0 Å². The van der Waals surface area contributed by atoms with E-state index < -0.39 is 23.8 Å². The van der Waals surface area contributed by atoms with Gasteiger partial charge in [-0.15, -0.1) is 0 Å². The number of carbonyl (C=O) groups is 2. The standard InChI is InChI=1S/C15H18N4O3/c1-10(18-19-15(17)21)8-12(11-6-4-3-5-7-11)13(9-16)14(20)22-2/h3-7,12-13H,8H2,1-2H3,(H3,17,19,21)/b18-10+/t12-,13-/m1/s1. The van der Waals surface area contributed by atoms with Gasteiger partial charge in [-0.1, -0.05) is 30.3 Å². The van der Waals surface area contributed by atoms with Crippen LogP contribution in [0.3, 0.4) is 0 Å². The molecule has 0 spiro atoms. The second-order valence-electron chi connectivity index (χ2n) is 4.67. The Morgan fingerprint density at radius 3 is 2.55 bits per heavy atom. The van der Waals surface area contributed by atoms with Crippen LogP contribution in [0.4, 0.5) is 4.79 Å². The predicted molar refractivity (Wildman–Crippen MR) is 80.7 cm³/mol. The summed E-state index contributed by atoms with van der Waals surface area (Å²) in [7, 11) is 1.24. The first-order valence-corrected chi connectivity index (χ1v) is 6.60. The van der Waals surface area contributed by atoms with Gasteiger partial charge in [-0.25, -0.2) is 10.2 Å². The number of nitrogens with two attached hydrogens (primary N) is 1. The number of ether oxygens (including phenoxy) is 1. The number of nitrogens with zero attached hydrogens (tertiary/aromatic N) is 2. The lowest BCUT2D eigenvalue weighted by Crippen LogP contribution is -2.27. The van der Waals surface area contributed by atoms with Crippen LogP contribution in [0.15, 0.2) is 35.4 Å². The molecule has 0 unspecified atom stereocenters. The first kappa shape index (κ1) is 17.2. The smallest absolute Gasteiger partial charge is 0.332 e. The maximum Gasteiger partial charge on any atom is 0.332 e. The molecule has 22 heavy (non-hydrogen) atoms. The molecule has 0 heterocycles. The van der Waals surface area contributed by atoms with Crippen LogP contribution in [0.5, 0.6) is 0 Å². The highest BCUT2D eigenvalue weighted by Crippen LogP contribution is 2.29. The lowest BCUT2D eigenvalue weighted by molar-refractivity contribution is -0.144. The first-order valence-electron chi connectivity index (χ1n) is 6.60. The molecule has 0 aromatic heterocycles. The average molecular weight is 302 g/mol. The van der Waals surface area contributed by atoms with Gasteiger partial charge in [-0.2, -0.15) is 10.4 Å². The molecule has 0 bridgehead atoms. The molecule has 0 saturated heterocycles. The SMILES string of the molecule is COC(=O)[C@H](C#N)[C@H](C/C(C)=N/NC(N)=O)c1ccccc1. The van der Waals surface area contributed by atoms with Gasteiger partial charge in [0, 0.05) is 11.6 Å². The minimum Gasteiger partial charge on any atom is -0.468 e. The number of methoxy groups -OCH3 is 1. The Hall–Kier alpha value is -2.88. The van der Waals surface area contributed by atoms with Crippen molar-refractivity contribution in [3.8, 4) is 6.07 Å². The quantitative estimate of drug-likeness (QED) is 0.470. The van der Waals surface area contributed by atoms with Crippen molar-refractivity contribution < 1.29 is 14.3 Å². The number of carbonyl (C=O) groups excluding carboxylic acids is 2. The molecule has 1 aromatic carbocycles. The highest BCUT2D eigenvalue weighted by atomic mass is 16.5. The summed E-state index contributed by atoms with van der Waals surface area (Å²) in [4.78, 5) is 22.5. The van der Waals surface area contributed by atoms with Crippen LogP contribution in [0.1, 0.15) is 24.8 Å². The van der Waals surface area contributed by atoms with Crippen molar-refractivity contribution in [1.29, 1.82) is 5.26 Å². The fourth-order valence-electron chi connectivity index (χ4n) is 2.08. The molecule has 0 radical (unpaired) electrons. The largest absolute Gasteiger partial charge is 0.468 e. The Balaban J connectivity index is 3.07. The van der Waals surface area contributed by atoms with Gasteiger partial charge in [0.15, 0.2) is 5.92 Å². The summed E-state index contributed by atoms with van der Waals surface area (Å²) in [5.74, 6) is -2.00. The molecule has 2 amide bonds. The minimum absolute atomic E-state index is 0.303. The van der Waals surface area contributed by atoms with Crippen LogP contribution in [0, 0.1) is 17.2 Å². The van der Waals surface area contributed by atoms with E-state index in [4.69, 9.17) is 10.5 Å². The Morgan fingerprint density at radius 1 is 1.41 bits per heavy atom. The van der Waals surface area contributed by atoms with Crippen LogP contribution in [0.2, 0.25) is 0 Å². The predicted octanol–water partition coefficient (Wildman–Crippen LogP) is 1.52. The summed E-state index contributed by atoms with van der Waals surface area (Å²) >= 11 is 0. The summed E-state index contributed by atoms with van der Waals surface area (Å²) in [5.41, 5.74) is 8.44. The van der Waals surface area contributed by atoms with Crippen LogP contribution in [-0.4, -0.2) is 24.8 Å². The Morgan fingerprint density at radius 2 is 2.05 bits per heavy atom. The third kappa shape index (κ3) is 4.90. The van der Waals surface area contributed by atoms with E-state index in [1.807, 2.05) is 36.4 Å². The Kier molecular flexibility index (Phi) is 6.57. The normalized spacial score (nSPS) is 13.6. The lowest BCUT2D eigenvalue weighted by atomic mass is 9.83. The minimum atomic E-state index is -0.967. The number of nitriles is 1. The molecule has 7 nitrogen and oxygen atoms in total. The van der Waals surface area contributed by atoms with Crippen molar-refractivity contribution >= 4 is 17.7 Å². The third-order valence-electron chi connectivity index (χ3n) is 3.10. The molecular formula is C15H18N4O3. The zero-order chi connectivity index (χ0) is 16.5. The molecule has 1 aromatic rings. The monoisotopic (exact) mass is 302 g/mol. The summed E-state index contributed by atoms with van der Waals surface area (Å²) in [6, 6.07) is 10.3. The van der Waals surface area contributed by atoms with E-state index in [1.54, 1.807) is 6.92 Å². The van der Waals surface area contributed by atoms with Gasteiger partial charge in [0.25, 0.3) is 0 Å². The first-order chi connectivity index (χ1) is 10.5. The van der Waals surface area contributed by atoms with Gasteiger partial charge in [-0.3, -0.25) is 4.79 Å². The van der Waals surface area contributed by atoms with Crippen molar-refractivity contribution in [1.82, 2.24) is 5.43 Å². The van der Waals surface area contributed by atoms with Crippen LogP contribution in [-0.2, 0) is 9.53 Å². The second-order valence-corrected chi connectivity index (χ2v) is 4.67. The van der Waals surface area contributed by atoms with Crippen LogP contribution < -0.4 is 11.2 Å². The zero-order valence-corrected chi connectivity index (χ0v) is 12.4. The van der Waals surface area contributed by atoms with E-state index in [0.717, 1.165) is 5.56 Å². The Labute approximate surface area is 128 Å². The van der Waals surface area contributed by atoms with Crippen molar-refractivity contribution in [3.05, 3.63) is 35.9 Å². The van der Waals surface area contributed by atoms with Gasteiger partial charge < -0.3 is 10.5 Å². The molecule has 3 N–H and O–H groups in total. The van der Waals surface area contributed by atoms with Crippen molar-refractivity contribution in [2.24, 2.45) is 16.8 Å². The molecule has 1 rings (SSSR count). The topological polar surface area (TPSA) is 118 Å². The molecule has 7 heteroatoms. The second kappa shape index (κ2) is 8.42. The maximum absolute atomic E-state index is 11.8. The van der Waals surface area contributed by atoms with E-state index in [-0.39, 0.29) is 0 Å². The number of esters is 1. The molecule has 0 aliphatic rings. The van der Waals surface area contributed by atoms with Gasteiger partial charge in [0.1, 0.15) is 0 Å². The van der Waals surface area contributed by atoms with E-state index in [0.29, 0.717) is 12.1 Å². The van der Waals surface area contributed by atoms with Gasteiger partial charge in [-0.05, 0) is 18.9 Å². The number of rotatable bonds is 6. The summed E-state index contributed by atoms with van der Waals surface area (Å²) in [5, 5.41) is 13.1. The summed E-state index contributed by atoms with van der Waals surface area (Å²) < 4.78 is 4.69. The average Bonchev–Trinajstić information content (AvgIpc) is 2.53. The van der Waals surface area contributed by atoms with E-state index in [2.05, 4.69) is 10.5 Å². The molecule has 116 valence electrons.